The molecule has 4 nitrogen and oxygen atoms in total. The molecule has 0 aliphatic heterocycles. The van der Waals surface area contributed by atoms with Gasteiger partial charge in [0.1, 0.15) is 0 Å². The normalized spacial score (nSPS) is 12.4. The van der Waals surface area contributed by atoms with E-state index in [2.05, 4.69) is 23.3 Å². The lowest BCUT2D eigenvalue weighted by molar-refractivity contribution is 0.0517. The molecule has 0 N–H and O–H groups in total. The van der Waals surface area contributed by atoms with Gasteiger partial charge in [-0.25, -0.2) is 9.48 Å². The van der Waals surface area contributed by atoms with Crippen LogP contribution < -0.4 is 0 Å². The van der Waals surface area contributed by atoms with Gasteiger partial charge >= 0.3 is 5.97 Å². The van der Waals surface area contributed by atoms with E-state index >= 15 is 0 Å². The summed E-state index contributed by atoms with van der Waals surface area (Å²) in [5, 5.41) is 4.62. The third-order valence-electron chi connectivity index (χ3n) is 4.37. The standard InChI is InChI=1S/C20H18N2O2/c1-2-24-20(23)18-17-13-12-14-8-6-7-11-16(14)19(17)22(21-18)15-9-4-3-5-10-15/h3-11H,2,12-13H2,1H3. The third kappa shape index (κ3) is 2.31. The van der Waals surface area contributed by atoms with Gasteiger partial charge < -0.3 is 4.74 Å². The highest BCUT2D eigenvalue weighted by atomic mass is 16.5. The van der Waals surface area contributed by atoms with Crippen molar-refractivity contribution >= 4 is 5.97 Å². The average molecular weight is 318 g/mol. The first-order valence-corrected chi connectivity index (χ1v) is 8.22. The molecular weight excluding hydrogens is 300 g/mol. The number of hydrogen-bond donors (Lipinski definition) is 0. The Morgan fingerprint density at radius 1 is 1.08 bits per heavy atom. The molecule has 0 fully saturated rings. The summed E-state index contributed by atoms with van der Waals surface area (Å²) in [4.78, 5) is 12.4. The number of nitrogens with zero attached hydrogens (tertiary/aromatic N) is 2. The van der Waals surface area contributed by atoms with Crippen LogP contribution in [-0.2, 0) is 17.6 Å². The Morgan fingerprint density at radius 2 is 1.83 bits per heavy atom. The lowest BCUT2D eigenvalue weighted by Gasteiger charge is -2.18. The molecule has 4 rings (SSSR count). The molecule has 2 aromatic carbocycles. The second-order valence-corrected chi connectivity index (χ2v) is 5.80. The van der Waals surface area contributed by atoms with E-state index in [-0.39, 0.29) is 5.97 Å². The van der Waals surface area contributed by atoms with E-state index in [4.69, 9.17) is 4.74 Å². The van der Waals surface area contributed by atoms with Gasteiger partial charge in [-0.3, -0.25) is 0 Å². The van der Waals surface area contributed by atoms with Crippen LogP contribution in [0.5, 0.6) is 0 Å². The van der Waals surface area contributed by atoms with E-state index in [1.165, 1.54) is 5.56 Å². The van der Waals surface area contributed by atoms with Gasteiger partial charge in [0.25, 0.3) is 0 Å². The van der Waals surface area contributed by atoms with Gasteiger partial charge in [0.15, 0.2) is 5.69 Å². The average Bonchev–Trinajstić information content (AvgIpc) is 3.03. The van der Waals surface area contributed by atoms with E-state index in [0.29, 0.717) is 12.3 Å². The third-order valence-corrected chi connectivity index (χ3v) is 4.37. The quantitative estimate of drug-likeness (QED) is 0.690. The number of ether oxygens (including phenoxy) is 1. The van der Waals surface area contributed by atoms with Crippen molar-refractivity contribution in [3.05, 3.63) is 71.4 Å². The van der Waals surface area contributed by atoms with Crippen LogP contribution in [0.15, 0.2) is 54.6 Å². The number of fused-ring (bicyclic) bond motifs is 3. The highest BCUT2D eigenvalue weighted by Gasteiger charge is 2.29. The summed E-state index contributed by atoms with van der Waals surface area (Å²) in [7, 11) is 0. The molecule has 0 bridgehead atoms. The van der Waals surface area contributed by atoms with E-state index in [9.17, 15) is 4.79 Å². The van der Waals surface area contributed by atoms with Crippen molar-refractivity contribution in [1.82, 2.24) is 9.78 Å². The summed E-state index contributed by atoms with van der Waals surface area (Å²) in [6.45, 7) is 2.16. The topological polar surface area (TPSA) is 44.1 Å². The highest BCUT2D eigenvalue weighted by molar-refractivity contribution is 5.92. The molecule has 0 radical (unpaired) electrons. The molecule has 1 heterocycles. The molecule has 0 saturated carbocycles. The summed E-state index contributed by atoms with van der Waals surface area (Å²) in [5.41, 5.74) is 5.80. The van der Waals surface area contributed by atoms with Crippen molar-refractivity contribution in [2.24, 2.45) is 0 Å². The number of carbonyl (C=O) groups excluding carboxylic acids is 1. The number of aryl methyl sites for hydroxylation is 1. The van der Waals surface area contributed by atoms with Crippen molar-refractivity contribution in [3.63, 3.8) is 0 Å². The smallest absolute Gasteiger partial charge is 0.359 e. The largest absolute Gasteiger partial charge is 0.461 e. The first-order valence-electron chi connectivity index (χ1n) is 8.22. The maximum absolute atomic E-state index is 12.4. The minimum atomic E-state index is -0.345. The molecule has 24 heavy (non-hydrogen) atoms. The number of carbonyl (C=O) groups is 1. The number of aromatic nitrogens is 2. The van der Waals surface area contributed by atoms with E-state index in [1.807, 2.05) is 48.0 Å². The number of rotatable bonds is 3. The second kappa shape index (κ2) is 5.96. The molecule has 3 aromatic rings. The van der Waals surface area contributed by atoms with Crippen LogP contribution in [-0.4, -0.2) is 22.4 Å². The predicted octanol–water partition coefficient (Wildman–Crippen LogP) is 3.81. The monoisotopic (exact) mass is 318 g/mol. The zero-order chi connectivity index (χ0) is 16.5. The van der Waals surface area contributed by atoms with Gasteiger partial charge in [-0.15, -0.1) is 0 Å². The molecule has 0 saturated heterocycles. The van der Waals surface area contributed by atoms with Crippen molar-refractivity contribution in [2.75, 3.05) is 6.61 Å². The van der Waals surface area contributed by atoms with Crippen molar-refractivity contribution < 1.29 is 9.53 Å². The van der Waals surface area contributed by atoms with Gasteiger partial charge in [0.2, 0.25) is 0 Å². The van der Waals surface area contributed by atoms with Gasteiger partial charge in [0.05, 0.1) is 18.0 Å². The first kappa shape index (κ1) is 14.7. The maximum atomic E-state index is 12.4. The Labute approximate surface area is 140 Å². The summed E-state index contributed by atoms with van der Waals surface area (Å²) in [5.74, 6) is -0.345. The van der Waals surface area contributed by atoms with Crippen LogP contribution in [0, 0.1) is 0 Å². The molecule has 0 unspecified atom stereocenters. The molecule has 1 aliphatic rings. The Hall–Kier alpha value is -2.88. The van der Waals surface area contributed by atoms with E-state index < -0.39 is 0 Å². The highest BCUT2D eigenvalue weighted by Crippen LogP contribution is 2.36. The molecule has 0 amide bonds. The minimum absolute atomic E-state index is 0.345. The number of para-hydroxylation sites is 1. The molecule has 0 atom stereocenters. The van der Waals surface area contributed by atoms with Crippen molar-refractivity contribution in [1.29, 1.82) is 0 Å². The van der Waals surface area contributed by atoms with Gasteiger partial charge in [-0.2, -0.15) is 5.10 Å². The van der Waals surface area contributed by atoms with Crippen LogP contribution in [0.25, 0.3) is 16.9 Å². The van der Waals surface area contributed by atoms with Crippen molar-refractivity contribution in [2.45, 2.75) is 19.8 Å². The molecule has 0 spiro atoms. The number of esters is 1. The zero-order valence-corrected chi connectivity index (χ0v) is 13.5. The Morgan fingerprint density at radius 3 is 2.62 bits per heavy atom. The fraction of sp³-hybridized carbons (Fsp3) is 0.200. The Bertz CT molecular complexity index is 897. The molecule has 1 aliphatic carbocycles. The molecule has 4 heteroatoms. The maximum Gasteiger partial charge on any atom is 0.359 e. The van der Waals surface area contributed by atoms with Gasteiger partial charge in [-0.05, 0) is 37.5 Å². The van der Waals surface area contributed by atoms with Crippen LogP contribution in [0.2, 0.25) is 0 Å². The molecule has 1 aromatic heterocycles. The Kier molecular flexibility index (Phi) is 3.65. The summed E-state index contributed by atoms with van der Waals surface area (Å²) in [6, 6.07) is 18.2. The second-order valence-electron chi connectivity index (χ2n) is 5.80. The fourth-order valence-corrected chi connectivity index (χ4v) is 3.31. The lowest BCUT2D eigenvalue weighted by Crippen LogP contribution is -2.10. The zero-order valence-electron chi connectivity index (χ0n) is 13.5. The number of hydrogen-bond acceptors (Lipinski definition) is 3. The summed E-state index contributed by atoms with van der Waals surface area (Å²) >= 11 is 0. The summed E-state index contributed by atoms with van der Waals surface area (Å²) < 4.78 is 7.09. The van der Waals surface area contributed by atoms with Crippen LogP contribution in [0.3, 0.4) is 0 Å². The van der Waals surface area contributed by atoms with Crippen LogP contribution in [0.4, 0.5) is 0 Å². The van der Waals surface area contributed by atoms with Gasteiger partial charge in [0, 0.05) is 11.1 Å². The van der Waals surface area contributed by atoms with Crippen molar-refractivity contribution in [3.8, 4) is 16.9 Å². The SMILES string of the molecule is CCOC(=O)c1nn(-c2ccccc2)c2c1CCc1ccccc1-2. The van der Waals surface area contributed by atoms with Crippen LogP contribution >= 0.6 is 0 Å². The summed E-state index contributed by atoms with van der Waals surface area (Å²) in [6.07, 6.45) is 1.71. The number of benzene rings is 2. The lowest BCUT2D eigenvalue weighted by atomic mass is 9.89. The fourth-order valence-electron chi connectivity index (χ4n) is 3.31. The Balaban J connectivity index is 1.97. The predicted molar refractivity (Wildman–Crippen MR) is 92.4 cm³/mol. The van der Waals surface area contributed by atoms with E-state index in [1.54, 1.807) is 0 Å². The molecular formula is C20H18N2O2. The first-order chi connectivity index (χ1) is 11.8. The molecule has 120 valence electrons. The minimum Gasteiger partial charge on any atom is -0.461 e. The van der Waals surface area contributed by atoms with E-state index in [0.717, 1.165) is 35.3 Å². The van der Waals surface area contributed by atoms with Crippen LogP contribution in [0.1, 0.15) is 28.5 Å². The van der Waals surface area contributed by atoms with Gasteiger partial charge in [-0.1, -0.05) is 42.5 Å².